The maximum Gasteiger partial charge on any atom is 0.313 e. The quantitative estimate of drug-likeness (QED) is 0.786. The molecule has 1 fully saturated rings. The second-order valence-corrected chi connectivity index (χ2v) is 7.65. The van der Waals surface area contributed by atoms with Crippen LogP contribution in [0.1, 0.15) is 38.7 Å². The van der Waals surface area contributed by atoms with Gasteiger partial charge >= 0.3 is 5.97 Å². The van der Waals surface area contributed by atoms with Crippen LogP contribution in [-0.2, 0) is 15.0 Å². The van der Waals surface area contributed by atoms with E-state index in [2.05, 4.69) is 10.2 Å². The highest BCUT2D eigenvalue weighted by Crippen LogP contribution is 2.33. The molecule has 2 rings (SSSR count). The zero-order chi connectivity index (χ0) is 18.6. The predicted molar refractivity (Wildman–Crippen MR) is 99.3 cm³/mol. The number of piperidine rings is 1. The van der Waals surface area contributed by atoms with Gasteiger partial charge in [0.2, 0.25) is 5.91 Å². The van der Waals surface area contributed by atoms with Crippen LogP contribution in [0.4, 0.5) is 0 Å². The lowest BCUT2D eigenvalue weighted by Crippen LogP contribution is -2.45. The Balaban J connectivity index is 1.99. The lowest BCUT2D eigenvalue weighted by Gasteiger charge is -2.34. The molecule has 0 spiro atoms. The summed E-state index contributed by atoms with van der Waals surface area (Å²) in [6.07, 6.45) is 2.25. The summed E-state index contributed by atoms with van der Waals surface area (Å²) in [6.45, 7) is 5.63. The number of benzene rings is 1. The average Bonchev–Trinajstić information content (AvgIpc) is 2.55. The second kappa shape index (κ2) is 8.39. The van der Waals surface area contributed by atoms with Crippen molar-refractivity contribution < 1.29 is 14.7 Å². The molecule has 0 radical (unpaired) electrons. The van der Waals surface area contributed by atoms with Gasteiger partial charge in [-0.05, 0) is 50.4 Å². The van der Waals surface area contributed by atoms with E-state index in [1.165, 1.54) is 6.92 Å². The molecular formula is C18H24Cl2N2O3. The summed E-state index contributed by atoms with van der Waals surface area (Å²) in [6, 6.07) is 5.22. The van der Waals surface area contributed by atoms with Gasteiger partial charge in [0.1, 0.15) is 0 Å². The van der Waals surface area contributed by atoms with Gasteiger partial charge in [-0.1, -0.05) is 29.3 Å². The van der Waals surface area contributed by atoms with Crippen LogP contribution in [-0.4, -0.2) is 47.6 Å². The van der Waals surface area contributed by atoms with Crippen LogP contribution in [0.15, 0.2) is 18.2 Å². The predicted octanol–water partition coefficient (Wildman–Crippen LogP) is 3.33. The first-order chi connectivity index (χ1) is 11.7. The first-order valence-corrected chi connectivity index (χ1v) is 9.16. The molecule has 0 saturated carbocycles. The molecule has 138 valence electrons. The highest BCUT2D eigenvalue weighted by atomic mass is 35.5. The van der Waals surface area contributed by atoms with Gasteiger partial charge in [0.25, 0.3) is 0 Å². The van der Waals surface area contributed by atoms with Crippen molar-refractivity contribution in [3.63, 3.8) is 0 Å². The number of carbonyl (C=O) groups excluding carboxylic acids is 1. The standard InChI is InChI=1S/C18H24Cl2N2O3/c1-12(23)21-14-5-8-22(9-6-14)10-7-18(2,17(24)25)13-3-4-15(19)16(20)11-13/h3-4,11,14H,5-10H2,1-2H3,(H,21,23)(H,24,25). The van der Waals surface area contributed by atoms with Crippen LogP contribution in [0.25, 0.3) is 0 Å². The molecule has 0 aromatic heterocycles. The Morgan fingerprint density at radius 2 is 1.92 bits per heavy atom. The van der Waals surface area contributed by atoms with Crippen LogP contribution in [0.3, 0.4) is 0 Å². The maximum atomic E-state index is 11.9. The Kier molecular flexibility index (Phi) is 6.72. The normalized spacial score (nSPS) is 18.6. The molecule has 1 aliphatic rings. The summed E-state index contributed by atoms with van der Waals surface area (Å²) in [7, 11) is 0. The molecule has 1 atom stereocenters. The van der Waals surface area contributed by atoms with E-state index in [0.717, 1.165) is 25.9 Å². The van der Waals surface area contributed by atoms with Crippen molar-refractivity contribution in [2.75, 3.05) is 19.6 Å². The summed E-state index contributed by atoms with van der Waals surface area (Å²) in [5.74, 6) is -0.879. The second-order valence-electron chi connectivity index (χ2n) is 6.83. The molecule has 5 nitrogen and oxygen atoms in total. The first kappa shape index (κ1) is 20.0. The third-order valence-electron chi connectivity index (χ3n) is 4.95. The van der Waals surface area contributed by atoms with Crippen molar-refractivity contribution in [1.82, 2.24) is 10.2 Å². The van der Waals surface area contributed by atoms with E-state index in [0.29, 0.717) is 28.6 Å². The van der Waals surface area contributed by atoms with Gasteiger partial charge in [0, 0.05) is 26.1 Å². The Hall–Kier alpha value is -1.30. The minimum atomic E-state index is -1.03. The number of rotatable bonds is 6. The topological polar surface area (TPSA) is 69.6 Å². The van der Waals surface area contributed by atoms with Crippen LogP contribution < -0.4 is 5.32 Å². The molecule has 1 unspecified atom stereocenters. The van der Waals surface area contributed by atoms with E-state index < -0.39 is 11.4 Å². The number of nitrogens with zero attached hydrogens (tertiary/aromatic N) is 1. The third kappa shape index (κ3) is 5.09. The van der Waals surface area contributed by atoms with Crippen molar-refractivity contribution in [1.29, 1.82) is 0 Å². The van der Waals surface area contributed by atoms with E-state index >= 15 is 0 Å². The molecule has 1 heterocycles. The van der Waals surface area contributed by atoms with Crippen LogP contribution in [0.5, 0.6) is 0 Å². The Morgan fingerprint density at radius 3 is 2.44 bits per heavy atom. The summed E-state index contributed by atoms with van der Waals surface area (Å²) >= 11 is 12.0. The minimum absolute atomic E-state index is 0.00322. The Bertz CT molecular complexity index is 645. The SMILES string of the molecule is CC(=O)NC1CCN(CCC(C)(C(=O)O)c2ccc(Cl)c(Cl)c2)CC1. The molecule has 1 amide bonds. The van der Waals surface area contributed by atoms with E-state index in [9.17, 15) is 14.7 Å². The third-order valence-corrected chi connectivity index (χ3v) is 5.69. The van der Waals surface area contributed by atoms with Gasteiger partial charge in [-0.3, -0.25) is 9.59 Å². The lowest BCUT2D eigenvalue weighted by atomic mass is 9.79. The number of carboxylic acid groups (broad SMARTS) is 1. The molecule has 1 aromatic carbocycles. The molecule has 2 N–H and O–H groups in total. The zero-order valence-electron chi connectivity index (χ0n) is 14.5. The summed E-state index contributed by atoms with van der Waals surface area (Å²) in [5, 5.41) is 13.5. The van der Waals surface area contributed by atoms with Crippen molar-refractivity contribution in [3.05, 3.63) is 33.8 Å². The van der Waals surface area contributed by atoms with Gasteiger partial charge in [-0.2, -0.15) is 0 Å². The Morgan fingerprint density at radius 1 is 1.28 bits per heavy atom. The largest absolute Gasteiger partial charge is 0.481 e. The number of carboxylic acids is 1. The zero-order valence-corrected chi connectivity index (χ0v) is 16.0. The average molecular weight is 387 g/mol. The van der Waals surface area contributed by atoms with Crippen LogP contribution >= 0.6 is 23.2 Å². The van der Waals surface area contributed by atoms with Crippen molar-refractivity contribution in [2.24, 2.45) is 0 Å². The molecule has 0 aliphatic carbocycles. The van der Waals surface area contributed by atoms with E-state index in [4.69, 9.17) is 23.2 Å². The van der Waals surface area contributed by atoms with Crippen molar-refractivity contribution in [3.8, 4) is 0 Å². The van der Waals surface area contributed by atoms with Gasteiger partial charge in [-0.15, -0.1) is 0 Å². The fraction of sp³-hybridized carbons (Fsp3) is 0.556. The maximum absolute atomic E-state index is 11.9. The molecule has 0 bridgehead atoms. The molecule has 7 heteroatoms. The van der Waals surface area contributed by atoms with Crippen LogP contribution in [0, 0.1) is 0 Å². The van der Waals surface area contributed by atoms with Gasteiger partial charge in [0.15, 0.2) is 0 Å². The molecular weight excluding hydrogens is 363 g/mol. The first-order valence-electron chi connectivity index (χ1n) is 8.41. The van der Waals surface area contributed by atoms with Crippen molar-refractivity contribution in [2.45, 2.75) is 44.6 Å². The summed E-state index contributed by atoms with van der Waals surface area (Å²) in [5.41, 5.74) is -0.370. The number of amides is 1. The van der Waals surface area contributed by atoms with Crippen LogP contribution in [0.2, 0.25) is 10.0 Å². The number of likely N-dealkylation sites (tertiary alicyclic amines) is 1. The number of hydrogen-bond acceptors (Lipinski definition) is 3. The summed E-state index contributed by atoms with van der Waals surface area (Å²) < 4.78 is 0. The number of carbonyl (C=O) groups is 2. The molecule has 25 heavy (non-hydrogen) atoms. The fourth-order valence-corrected chi connectivity index (χ4v) is 3.48. The molecule has 1 saturated heterocycles. The smallest absolute Gasteiger partial charge is 0.313 e. The van der Waals surface area contributed by atoms with Gasteiger partial charge in [0.05, 0.1) is 15.5 Å². The monoisotopic (exact) mass is 386 g/mol. The number of halogens is 2. The van der Waals surface area contributed by atoms with E-state index in [1.54, 1.807) is 25.1 Å². The van der Waals surface area contributed by atoms with E-state index in [1.807, 2.05) is 0 Å². The summed E-state index contributed by atoms with van der Waals surface area (Å²) in [4.78, 5) is 25.3. The highest BCUT2D eigenvalue weighted by Gasteiger charge is 2.36. The number of hydrogen-bond donors (Lipinski definition) is 2. The highest BCUT2D eigenvalue weighted by molar-refractivity contribution is 6.42. The number of aliphatic carboxylic acids is 1. The number of nitrogens with one attached hydrogen (secondary N) is 1. The van der Waals surface area contributed by atoms with Crippen molar-refractivity contribution >= 4 is 35.1 Å². The minimum Gasteiger partial charge on any atom is -0.481 e. The lowest BCUT2D eigenvalue weighted by molar-refractivity contribution is -0.143. The Labute approximate surface area is 158 Å². The molecule has 1 aliphatic heterocycles. The van der Waals surface area contributed by atoms with Gasteiger partial charge in [-0.25, -0.2) is 0 Å². The van der Waals surface area contributed by atoms with Gasteiger partial charge < -0.3 is 15.3 Å². The van der Waals surface area contributed by atoms with E-state index in [-0.39, 0.29) is 11.9 Å². The fourth-order valence-electron chi connectivity index (χ4n) is 3.18. The molecule has 1 aromatic rings.